The number of likely N-dealkylation sites (tertiary alicyclic amines) is 1. The van der Waals surface area contributed by atoms with Gasteiger partial charge in [0, 0.05) is 34.3 Å². The summed E-state index contributed by atoms with van der Waals surface area (Å²) >= 11 is 0. The summed E-state index contributed by atoms with van der Waals surface area (Å²) in [4.78, 5) is 18.5. The number of nitrogens with one attached hydrogen (secondary N) is 1. The van der Waals surface area contributed by atoms with Gasteiger partial charge in [-0.25, -0.2) is 0 Å². The summed E-state index contributed by atoms with van der Waals surface area (Å²) in [6.45, 7) is 0.503. The van der Waals surface area contributed by atoms with Crippen LogP contribution in [0.15, 0.2) is 78.9 Å². The molecule has 0 saturated carbocycles. The van der Waals surface area contributed by atoms with Crippen molar-refractivity contribution < 1.29 is 18.0 Å². The molecule has 0 aliphatic carbocycles. The van der Waals surface area contributed by atoms with E-state index < -0.39 is 11.7 Å². The second-order valence-electron chi connectivity index (χ2n) is 8.06. The van der Waals surface area contributed by atoms with E-state index >= 15 is 0 Å². The summed E-state index contributed by atoms with van der Waals surface area (Å²) in [7, 11) is 0. The van der Waals surface area contributed by atoms with Crippen molar-refractivity contribution in [3.63, 3.8) is 0 Å². The minimum atomic E-state index is -4.49. The molecule has 1 aliphatic heterocycles. The fraction of sp³-hybridized carbons (Fsp3) is 0.192. The predicted molar refractivity (Wildman–Crippen MR) is 118 cm³/mol. The van der Waals surface area contributed by atoms with E-state index in [1.54, 1.807) is 4.90 Å². The van der Waals surface area contributed by atoms with Gasteiger partial charge in [0.15, 0.2) is 0 Å². The van der Waals surface area contributed by atoms with Gasteiger partial charge in [0.05, 0.1) is 11.6 Å². The second kappa shape index (κ2) is 7.86. The second-order valence-corrected chi connectivity index (χ2v) is 8.06. The number of H-pyrrole nitrogens is 1. The standard InChI is InChI=1S/C26H21F3N2O/c27-26(28,29)19-11-6-10-18(16-19)25(32)31-15-7-14-22(31)24-23(17-8-2-1-3-9-17)20-12-4-5-13-21(20)30-24/h1-6,8-13,16,22,30H,7,14-15H2. The van der Waals surface area contributed by atoms with E-state index in [0.717, 1.165) is 52.7 Å². The number of hydrogen-bond acceptors (Lipinski definition) is 1. The van der Waals surface area contributed by atoms with E-state index in [0.29, 0.717) is 6.54 Å². The average Bonchev–Trinajstić information content (AvgIpc) is 3.43. The SMILES string of the molecule is O=C(c1cccc(C(F)(F)F)c1)N1CCCC1c1[nH]c2ccccc2c1-c1ccccc1. The van der Waals surface area contributed by atoms with Crippen LogP contribution in [0.2, 0.25) is 0 Å². The Hall–Kier alpha value is -3.54. The summed E-state index contributed by atoms with van der Waals surface area (Å²) in [6, 6.07) is 22.4. The lowest BCUT2D eigenvalue weighted by Crippen LogP contribution is -2.31. The Balaban J connectivity index is 1.58. The van der Waals surface area contributed by atoms with Crippen molar-refractivity contribution in [3.8, 4) is 11.1 Å². The van der Waals surface area contributed by atoms with Crippen LogP contribution in [0, 0.1) is 0 Å². The van der Waals surface area contributed by atoms with Gasteiger partial charge in [-0.3, -0.25) is 4.79 Å². The number of carbonyl (C=O) groups is 1. The maximum Gasteiger partial charge on any atom is 0.416 e. The number of amides is 1. The zero-order valence-electron chi connectivity index (χ0n) is 17.2. The van der Waals surface area contributed by atoms with Crippen LogP contribution in [0.5, 0.6) is 0 Å². The summed E-state index contributed by atoms with van der Waals surface area (Å²) in [5.74, 6) is -0.378. The number of para-hydroxylation sites is 1. The molecule has 1 saturated heterocycles. The highest BCUT2D eigenvalue weighted by molar-refractivity contribution is 5.99. The highest BCUT2D eigenvalue weighted by Gasteiger charge is 2.35. The van der Waals surface area contributed by atoms with Crippen LogP contribution in [-0.4, -0.2) is 22.3 Å². The van der Waals surface area contributed by atoms with Crippen LogP contribution in [0.4, 0.5) is 13.2 Å². The largest absolute Gasteiger partial charge is 0.416 e. The minimum absolute atomic E-state index is 0.0593. The molecule has 1 unspecified atom stereocenters. The molecule has 6 heteroatoms. The molecule has 1 aromatic heterocycles. The lowest BCUT2D eigenvalue weighted by molar-refractivity contribution is -0.137. The monoisotopic (exact) mass is 434 g/mol. The number of benzene rings is 3. The van der Waals surface area contributed by atoms with Crippen LogP contribution in [-0.2, 0) is 6.18 Å². The first kappa shape index (κ1) is 20.4. The zero-order valence-corrected chi connectivity index (χ0v) is 17.2. The molecule has 0 radical (unpaired) electrons. The maximum atomic E-state index is 13.3. The number of carbonyl (C=O) groups excluding carboxylic acids is 1. The molecule has 2 heterocycles. The Morgan fingerprint density at radius 3 is 2.47 bits per heavy atom. The van der Waals surface area contributed by atoms with Crippen molar-refractivity contribution in [2.75, 3.05) is 6.54 Å². The lowest BCUT2D eigenvalue weighted by Gasteiger charge is -2.26. The average molecular weight is 434 g/mol. The third-order valence-corrected chi connectivity index (χ3v) is 6.08. The molecular weight excluding hydrogens is 413 g/mol. The molecule has 4 aromatic rings. The van der Waals surface area contributed by atoms with E-state index in [-0.39, 0.29) is 17.5 Å². The summed E-state index contributed by atoms with van der Waals surface area (Å²) in [5.41, 5.74) is 3.22. The minimum Gasteiger partial charge on any atom is -0.356 e. The molecule has 1 amide bonds. The van der Waals surface area contributed by atoms with E-state index in [1.165, 1.54) is 12.1 Å². The van der Waals surface area contributed by atoms with E-state index in [4.69, 9.17) is 0 Å². The Labute approximate surface area is 183 Å². The highest BCUT2D eigenvalue weighted by Crippen LogP contribution is 2.42. The Morgan fingerprint density at radius 1 is 0.938 bits per heavy atom. The molecule has 5 rings (SSSR count). The van der Waals surface area contributed by atoms with Gasteiger partial charge in [0.2, 0.25) is 0 Å². The van der Waals surface area contributed by atoms with Crippen molar-refractivity contribution in [2.24, 2.45) is 0 Å². The number of aromatic amines is 1. The first-order valence-electron chi connectivity index (χ1n) is 10.6. The number of aromatic nitrogens is 1. The number of nitrogens with zero attached hydrogens (tertiary/aromatic N) is 1. The first-order valence-corrected chi connectivity index (χ1v) is 10.6. The highest BCUT2D eigenvalue weighted by atomic mass is 19.4. The molecule has 0 bridgehead atoms. The number of alkyl halides is 3. The van der Waals surface area contributed by atoms with Crippen LogP contribution >= 0.6 is 0 Å². The van der Waals surface area contributed by atoms with Gasteiger partial charge in [-0.1, -0.05) is 54.6 Å². The third kappa shape index (κ3) is 3.55. The van der Waals surface area contributed by atoms with Crippen molar-refractivity contribution in [1.82, 2.24) is 9.88 Å². The van der Waals surface area contributed by atoms with Gasteiger partial charge in [-0.05, 0) is 42.7 Å². The van der Waals surface area contributed by atoms with Crippen LogP contribution < -0.4 is 0 Å². The van der Waals surface area contributed by atoms with Gasteiger partial charge >= 0.3 is 6.18 Å². The van der Waals surface area contributed by atoms with Gasteiger partial charge < -0.3 is 9.88 Å². The van der Waals surface area contributed by atoms with E-state index in [1.807, 2.05) is 54.6 Å². The van der Waals surface area contributed by atoms with Crippen molar-refractivity contribution in [3.05, 3.63) is 95.7 Å². The van der Waals surface area contributed by atoms with E-state index in [9.17, 15) is 18.0 Å². The zero-order chi connectivity index (χ0) is 22.3. The maximum absolute atomic E-state index is 13.3. The molecule has 1 aliphatic rings. The molecule has 32 heavy (non-hydrogen) atoms. The van der Waals surface area contributed by atoms with E-state index in [2.05, 4.69) is 4.98 Å². The van der Waals surface area contributed by atoms with Crippen molar-refractivity contribution >= 4 is 16.8 Å². The summed E-state index contributed by atoms with van der Waals surface area (Å²) in [5, 5.41) is 1.06. The lowest BCUT2D eigenvalue weighted by atomic mass is 9.97. The number of rotatable bonds is 3. The quantitative estimate of drug-likeness (QED) is 0.377. The number of hydrogen-bond donors (Lipinski definition) is 1. The Bertz CT molecular complexity index is 1280. The van der Waals surface area contributed by atoms with Crippen LogP contribution in [0.1, 0.15) is 40.5 Å². The topological polar surface area (TPSA) is 36.1 Å². The van der Waals surface area contributed by atoms with Gasteiger partial charge in [0.1, 0.15) is 0 Å². The molecule has 1 atom stereocenters. The number of fused-ring (bicyclic) bond motifs is 1. The summed E-state index contributed by atoms with van der Waals surface area (Å²) in [6.07, 6.45) is -2.95. The molecule has 1 fully saturated rings. The normalized spacial score (nSPS) is 16.6. The molecular formula is C26H21F3N2O. The fourth-order valence-corrected chi connectivity index (χ4v) is 4.63. The third-order valence-electron chi connectivity index (χ3n) is 6.08. The van der Waals surface area contributed by atoms with Crippen molar-refractivity contribution in [1.29, 1.82) is 0 Å². The van der Waals surface area contributed by atoms with Gasteiger partial charge in [0.25, 0.3) is 5.91 Å². The first-order chi connectivity index (χ1) is 15.4. The molecule has 3 aromatic carbocycles. The smallest absolute Gasteiger partial charge is 0.356 e. The fourth-order valence-electron chi connectivity index (χ4n) is 4.63. The molecule has 162 valence electrons. The van der Waals surface area contributed by atoms with Gasteiger partial charge in [-0.2, -0.15) is 13.2 Å². The molecule has 0 spiro atoms. The van der Waals surface area contributed by atoms with Crippen LogP contribution in [0.25, 0.3) is 22.0 Å². The predicted octanol–water partition coefficient (Wildman–Crippen LogP) is 6.83. The van der Waals surface area contributed by atoms with Gasteiger partial charge in [-0.15, -0.1) is 0 Å². The molecule has 3 nitrogen and oxygen atoms in total. The Kier molecular flexibility index (Phi) is 5.00. The molecule has 1 N–H and O–H groups in total. The Morgan fingerprint density at radius 2 is 1.69 bits per heavy atom. The number of halogens is 3. The van der Waals surface area contributed by atoms with Crippen molar-refractivity contribution in [2.45, 2.75) is 25.1 Å². The summed E-state index contributed by atoms with van der Waals surface area (Å²) < 4.78 is 39.5. The van der Waals surface area contributed by atoms with Crippen LogP contribution in [0.3, 0.4) is 0 Å².